The van der Waals surface area contributed by atoms with Crippen LogP contribution in [0, 0.1) is 0 Å². The third kappa shape index (κ3) is 6.05. The molecule has 12 heteroatoms. The van der Waals surface area contributed by atoms with E-state index in [0.29, 0.717) is 5.75 Å². The molecule has 2 aromatic heterocycles. The van der Waals surface area contributed by atoms with Gasteiger partial charge in [0.15, 0.2) is 5.82 Å². The topological polar surface area (TPSA) is 120 Å². The van der Waals surface area contributed by atoms with Crippen molar-refractivity contribution in [2.45, 2.75) is 30.4 Å². The Hall–Kier alpha value is -2.60. The molecule has 0 fully saturated rings. The molecular weight excluding hydrogens is 490 g/mol. The van der Waals surface area contributed by atoms with Gasteiger partial charge in [0.1, 0.15) is 28.6 Å². The van der Waals surface area contributed by atoms with Crippen molar-refractivity contribution in [1.29, 1.82) is 0 Å². The van der Waals surface area contributed by atoms with Crippen LogP contribution in [0.4, 0.5) is 5.82 Å². The highest BCUT2D eigenvalue weighted by Crippen LogP contribution is 2.41. The molecule has 0 aliphatic heterocycles. The van der Waals surface area contributed by atoms with Crippen molar-refractivity contribution in [3.63, 3.8) is 0 Å². The molecule has 0 spiro atoms. The first kappa shape index (κ1) is 25.0. The largest absolute Gasteiger partial charge is 0.497 e. The minimum atomic E-state index is -3.99. The van der Waals surface area contributed by atoms with Gasteiger partial charge in [0.2, 0.25) is 5.75 Å². The second-order valence-electron chi connectivity index (χ2n) is 7.80. The number of aliphatic hydroxyl groups is 1. The smallest absolute Gasteiger partial charge is 0.272 e. The van der Waals surface area contributed by atoms with Gasteiger partial charge in [0.05, 0.1) is 18.7 Å². The third-order valence-electron chi connectivity index (χ3n) is 4.27. The first-order chi connectivity index (χ1) is 15.5. The molecule has 0 radical (unpaired) electrons. The number of benzene rings is 1. The number of thiophene rings is 1. The van der Waals surface area contributed by atoms with Crippen LogP contribution < -0.4 is 18.9 Å². The van der Waals surface area contributed by atoms with E-state index in [-0.39, 0.29) is 51.1 Å². The lowest BCUT2D eigenvalue weighted by Gasteiger charge is -2.16. The average molecular weight is 514 g/mol. The van der Waals surface area contributed by atoms with E-state index in [1.54, 1.807) is 18.2 Å². The van der Waals surface area contributed by atoms with E-state index >= 15 is 0 Å². The van der Waals surface area contributed by atoms with Crippen LogP contribution in [0.15, 0.2) is 40.9 Å². The fourth-order valence-electron chi connectivity index (χ4n) is 2.61. The van der Waals surface area contributed by atoms with Crippen LogP contribution in [0.1, 0.15) is 25.6 Å². The molecule has 0 amide bonds. The molecule has 178 valence electrons. The molecule has 0 unspecified atom stereocenters. The summed E-state index contributed by atoms with van der Waals surface area (Å²) >= 11 is 7.41. The summed E-state index contributed by atoms with van der Waals surface area (Å²) in [5, 5.41) is 9.38. The standard InChI is InChI=1S/C21H24ClN3O6S2/c1-21(2,3)16-7-8-17(32-16)33(27,28)25-19-18(20(24-12-23-19)30-10-9-26)31-15-11-13(29-4)5-6-14(15)22/h5-8,11-12,26H,9-10H2,1-4H3,(H,23,24,25). The van der Waals surface area contributed by atoms with Crippen LogP contribution in [0.25, 0.3) is 0 Å². The number of halogens is 1. The van der Waals surface area contributed by atoms with E-state index in [1.807, 2.05) is 20.8 Å². The zero-order chi connectivity index (χ0) is 24.2. The number of aliphatic hydroxyl groups excluding tert-OH is 1. The summed E-state index contributed by atoms with van der Waals surface area (Å²) in [5.74, 6) is 0.308. The number of hydrogen-bond acceptors (Lipinski definition) is 9. The maximum absolute atomic E-state index is 13.1. The van der Waals surface area contributed by atoms with E-state index in [1.165, 1.54) is 19.2 Å². The van der Waals surface area contributed by atoms with E-state index < -0.39 is 10.0 Å². The van der Waals surface area contributed by atoms with Gasteiger partial charge in [-0.1, -0.05) is 32.4 Å². The Bertz CT molecular complexity index is 1220. The van der Waals surface area contributed by atoms with Gasteiger partial charge in [-0.05, 0) is 29.7 Å². The highest BCUT2D eigenvalue weighted by atomic mass is 35.5. The van der Waals surface area contributed by atoms with Gasteiger partial charge in [0, 0.05) is 10.9 Å². The Morgan fingerprint density at radius 1 is 1.18 bits per heavy atom. The fraction of sp³-hybridized carbons (Fsp3) is 0.333. The van der Waals surface area contributed by atoms with E-state index in [4.69, 9.17) is 30.9 Å². The monoisotopic (exact) mass is 513 g/mol. The lowest BCUT2D eigenvalue weighted by molar-refractivity contribution is 0.192. The zero-order valence-electron chi connectivity index (χ0n) is 18.5. The Morgan fingerprint density at radius 2 is 1.94 bits per heavy atom. The zero-order valence-corrected chi connectivity index (χ0v) is 20.8. The summed E-state index contributed by atoms with van der Waals surface area (Å²) in [7, 11) is -2.51. The number of nitrogens with zero attached hydrogens (tertiary/aromatic N) is 2. The van der Waals surface area contributed by atoms with Gasteiger partial charge in [-0.2, -0.15) is 4.98 Å². The van der Waals surface area contributed by atoms with Crippen LogP contribution in [-0.2, 0) is 15.4 Å². The van der Waals surface area contributed by atoms with Gasteiger partial charge >= 0.3 is 0 Å². The van der Waals surface area contributed by atoms with Gasteiger partial charge in [-0.25, -0.2) is 13.4 Å². The predicted molar refractivity (Wildman–Crippen MR) is 127 cm³/mol. The van der Waals surface area contributed by atoms with Crippen LogP contribution in [0.5, 0.6) is 23.1 Å². The van der Waals surface area contributed by atoms with Crippen molar-refractivity contribution in [2.24, 2.45) is 0 Å². The molecule has 0 bridgehead atoms. The number of sulfonamides is 1. The minimum absolute atomic E-state index is 0.0720. The quantitative estimate of drug-likeness (QED) is 0.430. The van der Waals surface area contributed by atoms with Crippen molar-refractivity contribution in [1.82, 2.24) is 9.97 Å². The third-order valence-corrected chi connectivity index (χ3v) is 7.92. The van der Waals surface area contributed by atoms with Gasteiger partial charge in [-0.3, -0.25) is 4.72 Å². The molecule has 0 saturated carbocycles. The van der Waals surface area contributed by atoms with Crippen molar-refractivity contribution < 1.29 is 27.7 Å². The predicted octanol–water partition coefficient (Wildman–Crippen LogP) is 4.46. The molecular formula is C21H24ClN3O6S2. The second-order valence-corrected chi connectivity index (χ2v) is 11.2. The number of aromatic nitrogens is 2. The van der Waals surface area contributed by atoms with Gasteiger partial charge < -0.3 is 19.3 Å². The molecule has 1 aromatic carbocycles. The summed E-state index contributed by atoms with van der Waals surface area (Å²) in [5.41, 5.74) is -0.198. The molecule has 0 aliphatic rings. The molecule has 0 aliphatic carbocycles. The van der Waals surface area contributed by atoms with Crippen LogP contribution in [-0.4, -0.2) is 43.8 Å². The average Bonchev–Trinajstić information content (AvgIpc) is 3.27. The molecule has 33 heavy (non-hydrogen) atoms. The summed E-state index contributed by atoms with van der Waals surface area (Å²) in [6.45, 7) is 5.63. The highest BCUT2D eigenvalue weighted by Gasteiger charge is 2.26. The van der Waals surface area contributed by atoms with Crippen molar-refractivity contribution in [3.8, 4) is 23.1 Å². The Labute approximate surface area is 201 Å². The van der Waals surface area contributed by atoms with Gasteiger partial charge in [0.25, 0.3) is 15.9 Å². The summed E-state index contributed by atoms with van der Waals surface area (Å²) < 4.78 is 45.3. The molecule has 3 aromatic rings. The number of hydrogen-bond donors (Lipinski definition) is 2. The maximum Gasteiger partial charge on any atom is 0.272 e. The number of methoxy groups -OCH3 is 1. The molecule has 2 heterocycles. The Balaban J connectivity index is 2.02. The lowest BCUT2D eigenvalue weighted by atomic mass is 9.95. The summed E-state index contributed by atoms with van der Waals surface area (Å²) in [6, 6.07) is 8.06. The SMILES string of the molecule is COc1ccc(Cl)c(Oc2c(NS(=O)(=O)c3ccc(C(C)(C)C)s3)ncnc2OCCO)c1. The molecule has 9 nitrogen and oxygen atoms in total. The van der Waals surface area contributed by atoms with Crippen LogP contribution >= 0.6 is 22.9 Å². The van der Waals surface area contributed by atoms with Crippen LogP contribution in [0.2, 0.25) is 5.02 Å². The van der Waals surface area contributed by atoms with Crippen molar-refractivity contribution in [3.05, 3.63) is 46.6 Å². The summed E-state index contributed by atoms with van der Waals surface area (Å²) in [4.78, 5) is 8.97. The first-order valence-corrected chi connectivity index (χ1v) is 12.5. The first-order valence-electron chi connectivity index (χ1n) is 9.78. The highest BCUT2D eigenvalue weighted by molar-refractivity contribution is 7.94. The number of anilines is 1. The Morgan fingerprint density at radius 3 is 2.58 bits per heavy atom. The normalized spacial score (nSPS) is 11.8. The van der Waals surface area contributed by atoms with E-state index in [9.17, 15) is 8.42 Å². The lowest BCUT2D eigenvalue weighted by Crippen LogP contribution is -2.15. The van der Waals surface area contributed by atoms with Gasteiger partial charge in [-0.15, -0.1) is 11.3 Å². The number of rotatable bonds is 9. The van der Waals surface area contributed by atoms with E-state index in [0.717, 1.165) is 22.5 Å². The minimum Gasteiger partial charge on any atom is -0.497 e. The summed E-state index contributed by atoms with van der Waals surface area (Å²) in [6.07, 6.45) is 1.12. The van der Waals surface area contributed by atoms with E-state index in [2.05, 4.69) is 14.7 Å². The maximum atomic E-state index is 13.1. The molecule has 0 atom stereocenters. The molecule has 2 N–H and O–H groups in total. The van der Waals surface area contributed by atoms with Crippen molar-refractivity contribution in [2.75, 3.05) is 25.0 Å². The fourth-order valence-corrected chi connectivity index (χ4v) is 5.14. The molecule has 3 rings (SSSR count). The molecule has 0 saturated heterocycles. The Kier molecular flexibility index (Phi) is 7.68. The number of ether oxygens (including phenoxy) is 3. The van der Waals surface area contributed by atoms with Crippen LogP contribution in [0.3, 0.4) is 0 Å². The number of nitrogens with one attached hydrogen (secondary N) is 1. The van der Waals surface area contributed by atoms with Crippen molar-refractivity contribution >= 4 is 38.8 Å². The second kappa shape index (κ2) is 10.1.